The number of fused-ring (bicyclic) bond motifs is 1. The van der Waals surface area contributed by atoms with E-state index in [1.54, 1.807) is 0 Å². The lowest BCUT2D eigenvalue weighted by Crippen LogP contribution is -1.63. The summed E-state index contributed by atoms with van der Waals surface area (Å²) in [6, 6.07) is 11.8. The van der Waals surface area contributed by atoms with Gasteiger partial charge in [0.15, 0.2) is 0 Å². The van der Waals surface area contributed by atoms with Crippen molar-refractivity contribution in [1.82, 2.24) is 15.2 Å². The average molecular weight is 217 g/mol. The van der Waals surface area contributed by atoms with E-state index >= 15 is 0 Å². The number of aromatic amines is 2. The fourth-order valence-electron chi connectivity index (χ4n) is 1.20. The Kier molecular flexibility index (Phi) is 3.09. The van der Waals surface area contributed by atoms with Crippen LogP contribution in [0.25, 0.3) is 10.9 Å². The van der Waals surface area contributed by atoms with Crippen molar-refractivity contribution in [1.29, 1.82) is 0 Å². The molecular formula is C11H11N3S. The van der Waals surface area contributed by atoms with Crippen molar-refractivity contribution in [3.05, 3.63) is 48.8 Å². The van der Waals surface area contributed by atoms with Gasteiger partial charge in [-0.1, -0.05) is 18.2 Å². The van der Waals surface area contributed by atoms with Gasteiger partial charge in [-0.2, -0.15) is 5.10 Å². The molecule has 0 fully saturated rings. The Hall–Kier alpha value is -1.68. The monoisotopic (exact) mass is 217 g/mol. The van der Waals surface area contributed by atoms with Gasteiger partial charge in [0.2, 0.25) is 0 Å². The molecule has 0 aliphatic carbocycles. The van der Waals surface area contributed by atoms with Crippen molar-refractivity contribution >= 4 is 23.5 Å². The Bertz CT molecular complexity index is 483. The largest absolute Gasteiger partial charge is 0.357 e. The molecule has 3 aromatic rings. The van der Waals surface area contributed by atoms with Crippen molar-refractivity contribution in [3.63, 3.8) is 0 Å². The maximum atomic E-state index is 3.98. The van der Waals surface area contributed by atoms with E-state index in [-0.39, 0.29) is 0 Å². The number of hydrogen-bond donors (Lipinski definition) is 3. The standard InChI is InChI=1S/C7H6N2.C4H5NS/c1-2-4-7-6(3-1)5-8-9-7;6-4-2-1-3-5-4/h1-5H,(H,8,9);1-3,5-6H. The SMILES string of the molecule is Sc1ccc[nH]1.c1ccc2[nH]ncc2c1. The third kappa shape index (κ3) is 2.63. The summed E-state index contributed by atoms with van der Waals surface area (Å²) in [4.78, 5) is 2.86. The van der Waals surface area contributed by atoms with E-state index in [1.807, 2.05) is 48.8 Å². The first-order valence-electron chi connectivity index (χ1n) is 4.57. The zero-order chi connectivity index (χ0) is 10.5. The summed E-state index contributed by atoms with van der Waals surface area (Å²) in [6.45, 7) is 0. The molecule has 2 aromatic heterocycles. The molecule has 0 amide bonds. The molecule has 0 bridgehead atoms. The van der Waals surface area contributed by atoms with Gasteiger partial charge >= 0.3 is 0 Å². The maximum Gasteiger partial charge on any atom is 0.0690 e. The van der Waals surface area contributed by atoms with Crippen LogP contribution in [0, 0.1) is 0 Å². The molecule has 2 heterocycles. The summed E-state index contributed by atoms with van der Waals surface area (Å²) in [7, 11) is 0. The molecule has 2 N–H and O–H groups in total. The van der Waals surface area contributed by atoms with Gasteiger partial charge in [-0.05, 0) is 18.2 Å². The number of benzene rings is 1. The molecule has 3 rings (SSSR count). The van der Waals surface area contributed by atoms with Crippen LogP contribution in [0.15, 0.2) is 53.8 Å². The molecule has 3 nitrogen and oxygen atoms in total. The highest BCUT2D eigenvalue weighted by molar-refractivity contribution is 7.80. The molecule has 76 valence electrons. The lowest BCUT2D eigenvalue weighted by Gasteiger charge is -1.81. The third-order valence-electron chi connectivity index (χ3n) is 1.93. The predicted octanol–water partition coefficient (Wildman–Crippen LogP) is 2.87. The fraction of sp³-hybridized carbons (Fsp3) is 0. The summed E-state index contributed by atoms with van der Waals surface area (Å²) in [5.74, 6) is 0. The highest BCUT2D eigenvalue weighted by Crippen LogP contribution is 2.06. The Morgan fingerprint density at radius 2 is 1.93 bits per heavy atom. The normalized spacial score (nSPS) is 9.67. The molecule has 0 saturated carbocycles. The number of aromatic nitrogens is 3. The molecule has 0 unspecified atom stereocenters. The first-order chi connectivity index (χ1) is 7.36. The average Bonchev–Trinajstić information content (AvgIpc) is 2.88. The van der Waals surface area contributed by atoms with E-state index in [2.05, 4.69) is 27.8 Å². The van der Waals surface area contributed by atoms with E-state index in [9.17, 15) is 0 Å². The van der Waals surface area contributed by atoms with Gasteiger partial charge in [-0.15, -0.1) is 12.6 Å². The number of hydrogen-bond acceptors (Lipinski definition) is 2. The first-order valence-corrected chi connectivity index (χ1v) is 5.01. The second kappa shape index (κ2) is 4.70. The number of H-pyrrole nitrogens is 2. The van der Waals surface area contributed by atoms with E-state index in [0.29, 0.717) is 0 Å². The molecule has 0 spiro atoms. The number of rotatable bonds is 0. The number of para-hydroxylation sites is 1. The van der Waals surface area contributed by atoms with Crippen LogP contribution in [0.2, 0.25) is 0 Å². The Labute approximate surface area is 92.9 Å². The molecule has 0 aliphatic rings. The molecule has 0 saturated heterocycles. The lowest BCUT2D eigenvalue weighted by atomic mass is 10.3. The second-order valence-electron chi connectivity index (χ2n) is 3.01. The van der Waals surface area contributed by atoms with Gasteiger partial charge in [0.25, 0.3) is 0 Å². The minimum atomic E-state index is 0.912. The molecule has 0 radical (unpaired) electrons. The molecule has 0 atom stereocenters. The Morgan fingerprint density at radius 1 is 1.07 bits per heavy atom. The van der Waals surface area contributed by atoms with E-state index in [4.69, 9.17) is 0 Å². The van der Waals surface area contributed by atoms with Crippen molar-refractivity contribution in [3.8, 4) is 0 Å². The quantitative estimate of drug-likeness (QED) is 0.498. The van der Waals surface area contributed by atoms with Crippen LogP contribution in [0.5, 0.6) is 0 Å². The molecule has 15 heavy (non-hydrogen) atoms. The predicted molar refractivity (Wildman–Crippen MR) is 64.1 cm³/mol. The van der Waals surface area contributed by atoms with Gasteiger partial charge in [-0.25, -0.2) is 0 Å². The highest BCUT2D eigenvalue weighted by atomic mass is 32.1. The maximum absolute atomic E-state index is 3.98. The van der Waals surface area contributed by atoms with Gasteiger partial charge in [-0.3, -0.25) is 5.10 Å². The number of nitrogens with zero attached hydrogens (tertiary/aromatic N) is 1. The second-order valence-corrected chi connectivity index (χ2v) is 3.49. The smallest absolute Gasteiger partial charge is 0.0690 e. The van der Waals surface area contributed by atoms with E-state index in [0.717, 1.165) is 15.9 Å². The molecular weight excluding hydrogens is 206 g/mol. The van der Waals surface area contributed by atoms with Crippen molar-refractivity contribution in [2.24, 2.45) is 0 Å². The zero-order valence-corrected chi connectivity index (χ0v) is 8.91. The van der Waals surface area contributed by atoms with Crippen molar-refractivity contribution in [2.75, 3.05) is 0 Å². The van der Waals surface area contributed by atoms with Crippen LogP contribution in [0.4, 0.5) is 0 Å². The topological polar surface area (TPSA) is 44.5 Å². The minimum Gasteiger partial charge on any atom is -0.357 e. The fourth-order valence-corrected chi connectivity index (χ4v) is 1.36. The van der Waals surface area contributed by atoms with Crippen LogP contribution in [-0.4, -0.2) is 15.2 Å². The summed E-state index contributed by atoms with van der Waals surface area (Å²) >= 11 is 3.98. The van der Waals surface area contributed by atoms with E-state index in [1.165, 1.54) is 0 Å². The molecule has 0 aliphatic heterocycles. The van der Waals surface area contributed by atoms with Crippen LogP contribution in [0.3, 0.4) is 0 Å². The van der Waals surface area contributed by atoms with Crippen LogP contribution in [0.1, 0.15) is 0 Å². The van der Waals surface area contributed by atoms with Gasteiger partial charge in [0.05, 0.1) is 16.7 Å². The van der Waals surface area contributed by atoms with Crippen LogP contribution >= 0.6 is 12.6 Å². The number of thiol groups is 1. The highest BCUT2D eigenvalue weighted by Gasteiger charge is 1.88. The minimum absolute atomic E-state index is 0.912. The molecule has 1 aromatic carbocycles. The molecule has 4 heteroatoms. The lowest BCUT2D eigenvalue weighted by molar-refractivity contribution is 1.12. The van der Waals surface area contributed by atoms with E-state index < -0.39 is 0 Å². The Morgan fingerprint density at radius 3 is 2.53 bits per heavy atom. The third-order valence-corrected chi connectivity index (χ3v) is 2.21. The van der Waals surface area contributed by atoms with Gasteiger partial charge in [0, 0.05) is 11.6 Å². The summed E-state index contributed by atoms with van der Waals surface area (Å²) < 4.78 is 0. The van der Waals surface area contributed by atoms with Crippen molar-refractivity contribution in [2.45, 2.75) is 5.03 Å². The number of nitrogens with one attached hydrogen (secondary N) is 2. The summed E-state index contributed by atoms with van der Waals surface area (Å²) in [6.07, 6.45) is 3.65. The first kappa shape index (κ1) is 9.86. The van der Waals surface area contributed by atoms with Gasteiger partial charge in [0.1, 0.15) is 0 Å². The van der Waals surface area contributed by atoms with Crippen LogP contribution in [-0.2, 0) is 0 Å². The Balaban J connectivity index is 0.000000124. The van der Waals surface area contributed by atoms with Crippen LogP contribution < -0.4 is 0 Å². The zero-order valence-electron chi connectivity index (χ0n) is 8.01. The van der Waals surface area contributed by atoms with Crippen molar-refractivity contribution < 1.29 is 0 Å². The summed E-state index contributed by atoms with van der Waals surface area (Å²) in [5.41, 5.74) is 1.09. The summed E-state index contributed by atoms with van der Waals surface area (Å²) in [5, 5.41) is 8.82. The van der Waals surface area contributed by atoms with Gasteiger partial charge < -0.3 is 4.98 Å².